The Kier molecular flexibility index (Phi) is 0.837. The molecule has 2 atom stereocenters. The lowest BCUT2D eigenvalue weighted by atomic mass is 10.0. The van der Waals surface area contributed by atoms with Crippen LogP contribution < -0.4 is 0 Å². The van der Waals surface area contributed by atoms with Crippen LogP contribution in [0.1, 0.15) is 33.1 Å². The Morgan fingerprint density at radius 2 is 1.44 bits per heavy atom. The van der Waals surface area contributed by atoms with Gasteiger partial charge in [0.25, 0.3) is 0 Å². The maximum atomic E-state index is 5.14. The molecule has 0 radical (unpaired) electrons. The van der Waals surface area contributed by atoms with E-state index in [2.05, 4.69) is 13.8 Å². The minimum atomic E-state index is 0.0503. The fourth-order valence-electron chi connectivity index (χ4n) is 1.84. The van der Waals surface area contributed by atoms with Crippen molar-refractivity contribution in [3.63, 3.8) is 0 Å². The number of hydrogen-bond acceptors (Lipinski definition) is 2. The average molecular weight is 128 g/mol. The van der Waals surface area contributed by atoms with E-state index >= 15 is 0 Å². The van der Waals surface area contributed by atoms with E-state index in [9.17, 15) is 0 Å². The molecular formula is C7H12O2. The highest BCUT2D eigenvalue weighted by Crippen LogP contribution is 2.48. The van der Waals surface area contributed by atoms with Crippen LogP contribution in [0.2, 0.25) is 0 Å². The second kappa shape index (κ2) is 1.32. The van der Waals surface area contributed by atoms with Crippen LogP contribution in [0.15, 0.2) is 0 Å². The molecule has 2 unspecified atom stereocenters. The summed E-state index contributed by atoms with van der Waals surface area (Å²) in [4.78, 5) is 10.3. The van der Waals surface area contributed by atoms with E-state index in [0.29, 0.717) is 0 Å². The van der Waals surface area contributed by atoms with E-state index in [1.54, 1.807) is 0 Å². The van der Waals surface area contributed by atoms with Gasteiger partial charge in [0, 0.05) is 6.42 Å². The van der Waals surface area contributed by atoms with Crippen LogP contribution in [0.5, 0.6) is 0 Å². The van der Waals surface area contributed by atoms with Gasteiger partial charge >= 0.3 is 0 Å². The fourth-order valence-corrected chi connectivity index (χ4v) is 1.84. The summed E-state index contributed by atoms with van der Waals surface area (Å²) in [6.07, 6.45) is 3.38. The van der Waals surface area contributed by atoms with Gasteiger partial charge in [-0.05, 0) is 26.7 Å². The molecule has 1 saturated heterocycles. The molecule has 1 aliphatic carbocycles. The highest BCUT2D eigenvalue weighted by molar-refractivity contribution is 4.98. The minimum Gasteiger partial charge on any atom is -0.230 e. The molecular weight excluding hydrogens is 116 g/mol. The molecule has 2 nitrogen and oxygen atoms in total. The van der Waals surface area contributed by atoms with Gasteiger partial charge in [0.1, 0.15) is 11.2 Å². The summed E-state index contributed by atoms with van der Waals surface area (Å²) in [5.74, 6) is 0. The summed E-state index contributed by atoms with van der Waals surface area (Å²) in [6.45, 7) is 4.23. The van der Waals surface area contributed by atoms with Crippen LogP contribution in [0.25, 0.3) is 0 Å². The Morgan fingerprint density at radius 3 is 1.56 bits per heavy atom. The Hall–Kier alpha value is -0.0800. The zero-order valence-electron chi connectivity index (χ0n) is 5.94. The number of hydrogen-bond donors (Lipinski definition) is 0. The van der Waals surface area contributed by atoms with Crippen LogP contribution in [0.4, 0.5) is 0 Å². The summed E-state index contributed by atoms with van der Waals surface area (Å²) >= 11 is 0. The zero-order chi connectivity index (χ0) is 6.54. The molecule has 0 N–H and O–H groups in total. The molecule has 52 valence electrons. The van der Waals surface area contributed by atoms with Crippen LogP contribution in [0.3, 0.4) is 0 Å². The molecule has 0 aromatic heterocycles. The smallest absolute Gasteiger partial charge is 0.104 e. The molecule has 1 heterocycles. The van der Waals surface area contributed by atoms with Crippen LogP contribution in [-0.2, 0) is 9.78 Å². The maximum Gasteiger partial charge on any atom is 0.104 e. The average Bonchev–Trinajstić information content (AvgIpc) is 2.19. The van der Waals surface area contributed by atoms with Crippen molar-refractivity contribution in [1.29, 1.82) is 0 Å². The molecule has 9 heavy (non-hydrogen) atoms. The van der Waals surface area contributed by atoms with E-state index in [0.717, 1.165) is 19.3 Å². The normalized spacial score (nSPS) is 56.7. The first kappa shape index (κ1) is 5.69. The van der Waals surface area contributed by atoms with Gasteiger partial charge in [-0.3, -0.25) is 0 Å². The Labute approximate surface area is 55.1 Å². The van der Waals surface area contributed by atoms with Crippen molar-refractivity contribution in [3.8, 4) is 0 Å². The quantitative estimate of drug-likeness (QED) is 0.462. The molecule has 2 heteroatoms. The Bertz CT molecular complexity index is 118. The van der Waals surface area contributed by atoms with Crippen molar-refractivity contribution in [2.24, 2.45) is 0 Å². The van der Waals surface area contributed by atoms with Crippen LogP contribution in [-0.4, -0.2) is 11.2 Å². The predicted octanol–water partition coefficient (Wildman–Crippen LogP) is 1.65. The zero-order valence-corrected chi connectivity index (χ0v) is 5.94. The highest BCUT2D eigenvalue weighted by Gasteiger charge is 2.52. The molecule has 1 aliphatic heterocycles. The van der Waals surface area contributed by atoms with E-state index in [-0.39, 0.29) is 11.2 Å². The van der Waals surface area contributed by atoms with Crippen molar-refractivity contribution in [2.75, 3.05) is 0 Å². The van der Waals surface area contributed by atoms with E-state index in [1.807, 2.05) is 0 Å². The lowest BCUT2D eigenvalue weighted by molar-refractivity contribution is -0.366. The van der Waals surface area contributed by atoms with Crippen LogP contribution in [0, 0.1) is 0 Å². The molecule has 2 aliphatic rings. The maximum absolute atomic E-state index is 5.14. The largest absolute Gasteiger partial charge is 0.230 e. The lowest BCUT2D eigenvalue weighted by Gasteiger charge is -2.21. The second-order valence-corrected chi connectivity index (χ2v) is 3.74. The third-order valence-corrected chi connectivity index (χ3v) is 2.37. The Balaban J connectivity index is 2.25. The molecule has 2 bridgehead atoms. The van der Waals surface area contributed by atoms with E-state index in [4.69, 9.17) is 9.78 Å². The topological polar surface area (TPSA) is 18.5 Å². The van der Waals surface area contributed by atoms with Crippen molar-refractivity contribution in [1.82, 2.24) is 0 Å². The fraction of sp³-hybridized carbons (Fsp3) is 1.00. The monoisotopic (exact) mass is 128 g/mol. The van der Waals surface area contributed by atoms with Gasteiger partial charge in [-0.25, -0.2) is 9.78 Å². The van der Waals surface area contributed by atoms with Crippen molar-refractivity contribution in [3.05, 3.63) is 0 Å². The summed E-state index contributed by atoms with van der Waals surface area (Å²) < 4.78 is 0. The molecule has 1 saturated carbocycles. The van der Waals surface area contributed by atoms with E-state index in [1.165, 1.54) is 0 Å². The van der Waals surface area contributed by atoms with Crippen molar-refractivity contribution < 1.29 is 9.78 Å². The molecule has 2 rings (SSSR count). The summed E-state index contributed by atoms with van der Waals surface area (Å²) in [5.41, 5.74) is 0.101. The summed E-state index contributed by atoms with van der Waals surface area (Å²) in [6, 6.07) is 0. The Morgan fingerprint density at radius 1 is 1.00 bits per heavy atom. The van der Waals surface area contributed by atoms with Gasteiger partial charge < -0.3 is 0 Å². The van der Waals surface area contributed by atoms with E-state index < -0.39 is 0 Å². The molecule has 0 aromatic rings. The number of rotatable bonds is 0. The summed E-state index contributed by atoms with van der Waals surface area (Å²) in [5, 5.41) is 0. The van der Waals surface area contributed by atoms with Gasteiger partial charge in [0.05, 0.1) is 0 Å². The summed E-state index contributed by atoms with van der Waals surface area (Å²) in [7, 11) is 0. The third kappa shape index (κ3) is 0.700. The van der Waals surface area contributed by atoms with Gasteiger partial charge in [0.15, 0.2) is 0 Å². The molecule has 2 fully saturated rings. The first-order valence-corrected chi connectivity index (χ1v) is 3.49. The van der Waals surface area contributed by atoms with Gasteiger partial charge in [-0.1, -0.05) is 0 Å². The van der Waals surface area contributed by atoms with Gasteiger partial charge in [0.2, 0.25) is 0 Å². The van der Waals surface area contributed by atoms with Gasteiger partial charge in [-0.2, -0.15) is 0 Å². The standard InChI is InChI=1S/C7H12O2/c1-6-3-4-7(2,5-6)9-8-6/h3-5H2,1-2H3. The SMILES string of the molecule is CC12CCC(C)(C1)OO2. The highest BCUT2D eigenvalue weighted by atomic mass is 17.2. The van der Waals surface area contributed by atoms with Crippen molar-refractivity contribution >= 4 is 0 Å². The molecule has 0 aromatic carbocycles. The molecule has 0 spiro atoms. The first-order chi connectivity index (χ1) is 4.12. The minimum absolute atomic E-state index is 0.0503. The first-order valence-electron chi connectivity index (χ1n) is 3.49. The second-order valence-electron chi connectivity index (χ2n) is 3.74. The molecule has 0 amide bonds. The lowest BCUT2D eigenvalue weighted by Crippen LogP contribution is -2.22. The van der Waals surface area contributed by atoms with Crippen molar-refractivity contribution in [2.45, 2.75) is 44.3 Å². The third-order valence-electron chi connectivity index (χ3n) is 2.37. The number of fused-ring (bicyclic) bond motifs is 2. The predicted molar refractivity (Wildman–Crippen MR) is 32.8 cm³/mol. The van der Waals surface area contributed by atoms with Gasteiger partial charge in [-0.15, -0.1) is 0 Å². The van der Waals surface area contributed by atoms with Crippen LogP contribution >= 0.6 is 0 Å².